The number of aliphatic hydroxyl groups excluding tert-OH is 1. The Labute approximate surface area is 239 Å². The number of amides is 1. The first-order chi connectivity index (χ1) is 19.2. The number of aryl methyl sites for hydroxylation is 4. The molecule has 0 saturated heterocycles. The second-order valence-corrected chi connectivity index (χ2v) is 11.9. The number of hydrogen-bond acceptors (Lipinski definition) is 8. The topological polar surface area (TPSA) is 92.6 Å². The van der Waals surface area contributed by atoms with Gasteiger partial charge in [-0.15, -0.1) is 11.3 Å². The molecule has 7 nitrogen and oxygen atoms in total. The summed E-state index contributed by atoms with van der Waals surface area (Å²) in [6.45, 7) is 7.57. The van der Waals surface area contributed by atoms with Crippen molar-refractivity contribution in [3.05, 3.63) is 110 Å². The van der Waals surface area contributed by atoms with Crippen LogP contribution in [0.5, 0.6) is 11.5 Å². The third-order valence-corrected chi connectivity index (χ3v) is 8.81. The van der Waals surface area contributed by atoms with Crippen LogP contribution >= 0.6 is 22.7 Å². The number of carbonyl (C=O) groups excluding carboxylic acids is 2. The maximum Gasteiger partial charge on any atom is 0.296 e. The van der Waals surface area contributed by atoms with Gasteiger partial charge in [0.2, 0.25) is 5.78 Å². The molecule has 1 aliphatic rings. The minimum atomic E-state index is -0.914. The van der Waals surface area contributed by atoms with Crippen LogP contribution in [0, 0.1) is 27.7 Å². The fourth-order valence-corrected chi connectivity index (χ4v) is 7.09. The van der Waals surface area contributed by atoms with Crippen LogP contribution in [0.25, 0.3) is 10.2 Å². The van der Waals surface area contributed by atoms with Gasteiger partial charge in [-0.1, -0.05) is 47.7 Å². The number of hydrogen-bond donors (Lipinski definition) is 1. The summed E-state index contributed by atoms with van der Waals surface area (Å²) in [4.78, 5) is 38.7. The quantitative estimate of drug-likeness (QED) is 0.213. The van der Waals surface area contributed by atoms with E-state index in [4.69, 9.17) is 9.72 Å². The Morgan fingerprint density at radius 1 is 0.925 bits per heavy atom. The number of ether oxygens (including phenoxy) is 1. The van der Waals surface area contributed by atoms with Crippen molar-refractivity contribution < 1.29 is 19.4 Å². The molecular formula is C31H25N3O4S2. The zero-order valence-electron chi connectivity index (χ0n) is 22.3. The van der Waals surface area contributed by atoms with E-state index in [1.54, 1.807) is 13.0 Å². The van der Waals surface area contributed by atoms with Gasteiger partial charge in [0, 0.05) is 0 Å². The van der Waals surface area contributed by atoms with Gasteiger partial charge in [0.05, 0.1) is 37.4 Å². The van der Waals surface area contributed by atoms with Crippen molar-refractivity contribution in [1.29, 1.82) is 0 Å². The van der Waals surface area contributed by atoms with Crippen LogP contribution in [0.15, 0.2) is 78.1 Å². The van der Waals surface area contributed by atoms with Gasteiger partial charge in [-0.05, 0) is 74.7 Å². The van der Waals surface area contributed by atoms with E-state index >= 15 is 0 Å². The summed E-state index contributed by atoms with van der Waals surface area (Å²) in [6, 6.07) is 19.7. The molecular weight excluding hydrogens is 542 g/mol. The Balaban J connectivity index is 1.51. The molecule has 0 saturated carbocycles. The normalized spacial score (nSPS) is 15.3. The highest BCUT2D eigenvalue weighted by molar-refractivity contribution is 7.22. The fourth-order valence-electron chi connectivity index (χ4n) is 5.05. The van der Waals surface area contributed by atoms with E-state index in [-0.39, 0.29) is 5.57 Å². The van der Waals surface area contributed by atoms with Gasteiger partial charge in [-0.3, -0.25) is 14.5 Å². The summed E-state index contributed by atoms with van der Waals surface area (Å²) in [5.41, 5.74) is 4.03. The largest absolute Gasteiger partial charge is 0.503 e. The Morgan fingerprint density at radius 3 is 2.40 bits per heavy atom. The summed E-state index contributed by atoms with van der Waals surface area (Å²) in [5, 5.41) is 12.4. The van der Waals surface area contributed by atoms with E-state index in [1.807, 2.05) is 81.4 Å². The number of aliphatic hydroxyl groups is 1. The van der Waals surface area contributed by atoms with Crippen LogP contribution in [0.3, 0.4) is 0 Å². The summed E-state index contributed by atoms with van der Waals surface area (Å²) >= 11 is 2.60. The number of aromatic nitrogens is 2. The molecule has 6 rings (SSSR count). The molecule has 1 unspecified atom stereocenters. The molecule has 1 amide bonds. The molecule has 0 radical (unpaired) electrons. The Bertz CT molecular complexity index is 1840. The highest BCUT2D eigenvalue weighted by Gasteiger charge is 2.46. The van der Waals surface area contributed by atoms with Gasteiger partial charge in [-0.2, -0.15) is 0 Å². The van der Waals surface area contributed by atoms with Crippen molar-refractivity contribution in [2.75, 3.05) is 4.90 Å². The zero-order valence-corrected chi connectivity index (χ0v) is 23.9. The highest BCUT2D eigenvalue weighted by Crippen LogP contribution is 2.46. The van der Waals surface area contributed by atoms with Crippen LogP contribution in [-0.2, 0) is 4.79 Å². The maximum atomic E-state index is 14.0. The predicted octanol–water partition coefficient (Wildman–Crippen LogP) is 7.56. The van der Waals surface area contributed by atoms with E-state index in [0.29, 0.717) is 32.8 Å². The first-order valence-corrected chi connectivity index (χ1v) is 14.3. The van der Waals surface area contributed by atoms with Gasteiger partial charge in [0.15, 0.2) is 10.9 Å². The summed E-state index contributed by atoms with van der Waals surface area (Å²) in [5.74, 6) is -0.489. The molecule has 200 valence electrons. The number of fused-ring (bicyclic) bond motifs is 1. The van der Waals surface area contributed by atoms with Crippen molar-refractivity contribution in [2.45, 2.75) is 33.7 Å². The second-order valence-electron chi connectivity index (χ2n) is 9.73. The summed E-state index contributed by atoms with van der Waals surface area (Å²) < 4.78 is 6.99. The lowest BCUT2D eigenvalue weighted by Gasteiger charge is -2.24. The van der Waals surface area contributed by atoms with E-state index in [0.717, 1.165) is 26.4 Å². The van der Waals surface area contributed by atoms with E-state index in [2.05, 4.69) is 4.98 Å². The third kappa shape index (κ3) is 4.47. The van der Waals surface area contributed by atoms with Crippen LogP contribution in [0.2, 0.25) is 0 Å². The Morgan fingerprint density at radius 2 is 1.68 bits per heavy atom. The van der Waals surface area contributed by atoms with Gasteiger partial charge in [-0.25, -0.2) is 9.97 Å². The average Bonchev–Trinajstić information content (AvgIpc) is 3.57. The smallest absolute Gasteiger partial charge is 0.296 e. The molecule has 3 heterocycles. The van der Waals surface area contributed by atoms with Gasteiger partial charge in [0.25, 0.3) is 5.91 Å². The SMILES string of the molecule is Cc1cc(C)c2nc(N3C(=O)C(O)=C(C(=O)c4sc(C)nc4C)C3c3cccc(Oc4ccccc4)c3)sc2c1. The predicted molar refractivity (Wildman–Crippen MR) is 158 cm³/mol. The number of para-hydroxylation sites is 1. The van der Waals surface area contributed by atoms with Crippen molar-refractivity contribution >= 4 is 49.7 Å². The molecule has 9 heteroatoms. The number of ketones is 1. The first kappa shape index (κ1) is 25.9. The molecule has 0 spiro atoms. The molecule has 5 aromatic rings. The second kappa shape index (κ2) is 10.0. The van der Waals surface area contributed by atoms with Gasteiger partial charge in [0.1, 0.15) is 11.5 Å². The van der Waals surface area contributed by atoms with Gasteiger partial charge < -0.3 is 9.84 Å². The molecule has 1 N–H and O–H groups in total. The molecule has 1 atom stereocenters. The molecule has 0 aliphatic carbocycles. The molecule has 1 aliphatic heterocycles. The van der Waals surface area contributed by atoms with Crippen LogP contribution in [0.1, 0.15) is 43.1 Å². The maximum absolute atomic E-state index is 14.0. The molecule has 0 fully saturated rings. The number of nitrogens with zero attached hydrogens (tertiary/aromatic N) is 3. The number of rotatable bonds is 6. The number of benzene rings is 3. The van der Waals surface area contributed by atoms with E-state index in [1.165, 1.54) is 27.6 Å². The van der Waals surface area contributed by atoms with Gasteiger partial charge >= 0.3 is 0 Å². The number of Topliss-reactive ketones (excluding diaryl/α,β-unsaturated/α-hetero) is 1. The van der Waals surface area contributed by atoms with Crippen LogP contribution < -0.4 is 9.64 Å². The molecule has 40 heavy (non-hydrogen) atoms. The lowest BCUT2D eigenvalue weighted by molar-refractivity contribution is -0.117. The Kier molecular flexibility index (Phi) is 6.48. The lowest BCUT2D eigenvalue weighted by Crippen LogP contribution is -2.31. The number of carbonyl (C=O) groups is 2. The fraction of sp³-hybridized carbons (Fsp3) is 0.161. The third-order valence-electron chi connectivity index (χ3n) is 6.74. The molecule has 2 aromatic heterocycles. The van der Waals surface area contributed by atoms with Crippen molar-refractivity contribution in [1.82, 2.24) is 9.97 Å². The summed E-state index contributed by atoms with van der Waals surface area (Å²) in [7, 11) is 0. The zero-order chi connectivity index (χ0) is 28.1. The standard InChI is InChI=1S/C31H25N3O4S2/c1-16-13-17(2)25-23(14-16)40-31(33-25)34-26(20-9-8-12-22(15-20)38-21-10-6-5-7-11-21)24(28(36)30(34)37)27(35)29-18(3)32-19(4)39-29/h5-15,26,36H,1-4H3. The van der Waals surface area contributed by atoms with Crippen LogP contribution in [-0.4, -0.2) is 26.8 Å². The van der Waals surface area contributed by atoms with Crippen molar-refractivity contribution in [3.8, 4) is 11.5 Å². The molecule has 3 aromatic carbocycles. The first-order valence-electron chi connectivity index (χ1n) is 12.7. The van der Waals surface area contributed by atoms with Crippen molar-refractivity contribution in [3.63, 3.8) is 0 Å². The lowest BCUT2D eigenvalue weighted by atomic mass is 9.95. The minimum absolute atomic E-state index is 0.000713. The van der Waals surface area contributed by atoms with E-state index in [9.17, 15) is 14.7 Å². The number of thiazole rings is 2. The minimum Gasteiger partial charge on any atom is -0.503 e. The average molecular weight is 568 g/mol. The number of anilines is 1. The van der Waals surface area contributed by atoms with E-state index < -0.39 is 23.5 Å². The highest BCUT2D eigenvalue weighted by atomic mass is 32.1. The van der Waals surface area contributed by atoms with Crippen LogP contribution in [0.4, 0.5) is 5.13 Å². The summed E-state index contributed by atoms with van der Waals surface area (Å²) in [6.07, 6.45) is 0. The Hall–Kier alpha value is -4.34. The van der Waals surface area contributed by atoms with Crippen molar-refractivity contribution in [2.24, 2.45) is 0 Å². The monoisotopic (exact) mass is 567 g/mol. The molecule has 0 bridgehead atoms.